The highest BCUT2D eigenvalue weighted by Crippen LogP contribution is 2.25. The fourth-order valence-electron chi connectivity index (χ4n) is 3.04. The smallest absolute Gasteiger partial charge is 0.234 e. The molecule has 1 amide bonds. The zero-order valence-corrected chi connectivity index (χ0v) is 17.1. The molecule has 4 rings (SSSR count). The summed E-state index contributed by atoms with van der Waals surface area (Å²) in [4.78, 5) is 12.4. The average Bonchev–Trinajstić information content (AvgIpc) is 3.36. The molecule has 6 nitrogen and oxygen atoms in total. The minimum absolute atomic E-state index is 0.0836. The summed E-state index contributed by atoms with van der Waals surface area (Å²) in [5.41, 5.74) is 4.02. The lowest BCUT2D eigenvalue weighted by Gasteiger charge is -2.11. The van der Waals surface area contributed by atoms with E-state index in [1.165, 1.54) is 11.8 Å². The monoisotopic (exact) mass is 403 g/mol. The predicted octanol–water partition coefficient (Wildman–Crippen LogP) is 4.41. The van der Waals surface area contributed by atoms with Crippen molar-refractivity contribution in [1.82, 2.24) is 19.5 Å². The van der Waals surface area contributed by atoms with Crippen LogP contribution in [0.4, 0.5) is 5.69 Å². The van der Waals surface area contributed by atoms with E-state index in [1.54, 1.807) is 0 Å². The lowest BCUT2D eigenvalue weighted by molar-refractivity contribution is -0.113. The number of rotatable bonds is 6. The lowest BCUT2D eigenvalue weighted by atomic mass is 10.1. The van der Waals surface area contributed by atoms with Crippen molar-refractivity contribution in [3.8, 4) is 11.4 Å². The number of aryl methyl sites for hydroxylation is 2. The summed E-state index contributed by atoms with van der Waals surface area (Å²) >= 11 is 1.35. The van der Waals surface area contributed by atoms with E-state index >= 15 is 0 Å². The Labute approximate surface area is 173 Å². The number of amides is 1. The largest absolute Gasteiger partial charge is 0.325 e. The van der Waals surface area contributed by atoms with E-state index in [9.17, 15) is 4.79 Å². The maximum Gasteiger partial charge on any atom is 0.234 e. The van der Waals surface area contributed by atoms with Gasteiger partial charge in [0, 0.05) is 23.6 Å². The number of hydrogen-bond acceptors (Lipinski definition) is 4. The predicted molar refractivity (Wildman–Crippen MR) is 116 cm³/mol. The van der Waals surface area contributed by atoms with Gasteiger partial charge in [0.15, 0.2) is 5.82 Å². The molecule has 0 fully saturated rings. The van der Waals surface area contributed by atoms with Crippen LogP contribution in [0, 0.1) is 13.8 Å². The molecular weight excluding hydrogens is 382 g/mol. The highest BCUT2D eigenvalue weighted by atomic mass is 32.2. The third kappa shape index (κ3) is 4.41. The molecule has 0 bridgehead atoms. The van der Waals surface area contributed by atoms with Gasteiger partial charge >= 0.3 is 0 Å². The van der Waals surface area contributed by atoms with Crippen LogP contribution >= 0.6 is 11.8 Å². The van der Waals surface area contributed by atoms with Gasteiger partial charge in [-0.1, -0.05) is 47.7 Å². The highest BCUT2D eigenvalue weighted by molar-refractivity contribution is 7.99. The normalized spacial score (nSPS) is 10.8. The molecule has 0 aliphatic heterocycles. The summed E-state index contributed by atoms with van der Waals surface area (Å²) in [5, 5.41) is 12.3. The fourth-order valence-corrected chi connectivity index (χ4v) is 3.77. The quantitative estimate of drug-likeness (QED) is 0.485. The van der Waals surface area contributed by atoms with Crippen LogP contribution in [0.5, 0.6) is 0 Å². The first-order chi connectivity index (χ1) is 14.1. The van der Waals surface area contributed by atoms with Gasteiger partial charge in [-0.25, -0.2) is 4.68 Å². The molecule has 2 heterocycles. The first-order valence-corrected chi connectivity index (χ1v) is 10.2. The van der Waals surface area contributed by atoms with Crippen molar-refractivity contribution in [2.75, 3.05) is 11.1 Å². The van der Waals surface area contributed by atoms with Crippen LogP contribution < -0.4 is 5.32 Å². The molecule has 0 aliphatic rings. The van der Waals surface area contributed by atoms with Gasteiger partial charge in [0.1, 0.15) is 0 Å². The van der Waals surface area contributed by atoms with Gasteiger partial charge in [-0.3, -0.25) is 9.47 Å². The Hall–Kier alpha value is -3.32. The second kappa shape index (κ2) is 8.36. The summed E-state index contributed by atoms with van der Waals surface area (Å²) in [5.74, 6) is 0.882. The molecule has 146 valence electrons. The van der Waals surface area contributed by atoms with E-state index in [-0.39, 0.29) is 11.7 Å². The lowest BCUT2D eigenvalue weighted by Crippen LogP contribution is -2.16. The Morgan fingerprint density at radius 3 is 2.41 bits per heavy atom. The molecule has 29 heavy (non-hydrogen) atoms. The van der Waals surface area contributed by atoms with Crippen LogP contribution in [-0.4, -0.2) is 31.2 Å². The summed E-state index contributed by atoms with van der Waals surface area (Å²) in [6.07, 6.45) is 3.86. The molecule has 0 atom stereocenters. The highest BCUT2D eigenvalue weighted by Gasteiger charge is 2.17. The zero-order valence-electron chi connectivity index (χ0n) is 16.2. The molecule has 0 unspecified atom stereocenters. The second-order valence-electron chi connectivity index (χ2n) is 6.76. The van der Waals surface area contributed by atoms with Gasteiger partial charge in [-0.05, 0) is 49.7 Å². The maximum absolute atomic E-state index is 12.4. The van der Waals surface area contributed by atoms with Crippen LogP contribution in [0.25, 0.3) is 11.4 Å². The van der Waals surface area contributed by atoms with Gasteiger partial charge in [-0.15, -0.1) is 10.2 Å². The van der Waals surface area contributed by atoms with Gasteiger partial charge in [0.05, 0.1) is 5.75 Å². The molecule has 0 radical (unpaired) electrons. The van der Waals surface area contributed by atoms with Crippen molar-refractivity contribution >= 4 is 23.4 Å². The average molecular weight is 404 g/mol. The van der Waals surface area contributed by atoms with E-state index in [0.717, 1.165) is 28.2 Å². The Kier molecular flexibility index (Phi) is 5.48. The molecule has 2 aromatic carbocycles. The minimum Gasteiger partial charge on any atom is -0.325 e. The number of thioether (sulfide) groups is 1. The number of aromatic nitrogens is 4. The molecule has 1 N–H and O–H groups in total. The van der Waals surface area contributed by atoms with E-state index in [2.05, 4.69) is 21.6 Å². The van der Waals surface area contributed by atoms with Gasteiger partial charge < -0.3 is 5.32 Å². The Morgan fingerprint density at radius 1 is 0.966 bits per heavy atom. The van der Waals surface area contributed by atoms with Crippen LogP contribution in [-0.2, 0) is 4.79 Å². The minimum atomic E-state index is -0.0836. The Bertz CT molecular complexity index is 1130. The third-order valence-corrected chi connectivity index (χ3v) is 5.26. The van der Waals surface area contributed by atoms with Crippen LogP contribution in [0.15, 0.2) is 78.2 Å². The molecule has 0 spiro atoms. The van der Waals surface area contributed by atoms with Crippen LogP contribution in [0.1, 0.15) is 11.1 Å². The van der Waals surface area contributed by atoms with E-state index in [0.29, 0.717) is 5.16 Å². The molecule has 0 aliphatic carbocycles. The number of nitrogens with one attached hydrogen (secondary N) is 1. The molecule has 0 saturated carbocycles. The number of benzene rings is 2. The standard InChI is InChI=1S/C22H21N5OS/c1-16-7-5-9-18(13-16)21-24-25-22(27(21)26-11-3-4-12-26)29-15-20(28)23-19-10-6-8-17(2)14-19/h3-14H,15H2,1-2H3,(H,23,28). The van der Waals surface area contributed by atoms with Crippen molar-refractivity contribution in [1.29, 1.82) is 0 Å². The van der Waals surface area contributed by atoms with Crippen LogP contribution in [0.3, 0.4) is 0 Å². The Morgan fingerprint density at radius 2 is 1.69 bits per heavy atom. The van der Waals surface area contributed by atoms with Crippen molar-refractivity contribution in [2.24, 2.45) is 0 Å². The number of hydrogen-bond donors (Lipinski definition) is 1. The number of anilines is 1. The molecule has 7 heteroatoms. The van der Waals surface area contributed by atoms with Crippen molar-refractivity contribution < 1.29 is 4.79 Å². The number of carbonyl (C=O) groups excluding carboxylic acids is 1. The van der Waals surface area contributed by atoms with Gasteiger partial charge in [-0.2, -0.15) is 0 Å². The summed E-state index contributed by atoms with van der Waals surface area (Å²) in [7, 11) is 0. The second-order valence-corrected chi connectivity index (χ2v) is 7.70. The topological polar surface area (TPSA) is 64.7 Å². The first kappa shape index (κ1) is 19.0. The molecule has 4 aromatic rings. The zero-order chi connectivity index (χ0) is 20.2. The first-order valence-electron chi connectivity index (χ1n) is 9.25. The van der Waals surface area contributed by atoms with E-state index < -0.39 is 0 Å². The van der Waals surface area contributed by atoms with Gasteiger partial charge in [0.2, 0.25) is 11.1 Å². The summed E-state index contributed by atoms with van der Waals surface area (Å²) in [6.45, 7) is 4.04. The van der Waals surface area contributed by atoms with Crippen molar-refractivity contribution in [3.63, 3.8) is 0 Å². The Balaban J connectivity index is 1.57. The van der Waals surface area contributed by atoms with Crippen molar-refractivity contribution in [3.05, 3.63) is 84.2 Å². The summed E-state index contributed by atoms with van der Waals surface area (Å²) < 4.78 is 3.83. The SMILES string of the molecule is Cc1cccc(NC(=O)CSc2nnc(-c3cccc(C)c3)n2-n2cccc2)c1. The molecular formula is C22H21N5OS. The fraction of sp³-hybridized carbons (Fsp3) is 0.136. The third-order valence-electron chi connectivity index (χ3n) is 4.34. The van der Waals surface area contributed by atoms with Crippen LogP contribution in [0.2, 0.25) is 0 Å². The van der Waals surface area contributed by atoms with E-state index in [4.69, 9.17) is 0 Å². The number of nitrogens with zero attached hydrogens (tertiary/aromatic N) is 4. The van der Waals surface area contributed by atoms with Gasteiger partial charge in [0.25, 0.3) is 0 Å². The van der Waals surface area contributed by atoms with E-state index in [1.807, 2.05) is 90.2 Å². The number of carbonyl (C=O) groups is 1. The van der Waals surface area contributed by atoms with Crippen molar-refractivity contribution in [2.45, 2.75) is 19.0 Å². The maximum atomic E-state index is 12.4. The summed E-state index contributed by atoms with van der Waals surface area (Å²) in [6, 6.07) is 19.8. The molecule has 2 aromatic heterocycles. The molecule has 0 saturated heterocycles.